The van der Waals surface area contributed by atoms with E-state index in [4.69, 9.17) is 0 Å². The summed E-state index contributed by atoms with van der Waals surface area (Å²) in [6.45, 7) is 1.27. The first kappa shape index (κ1) is 20.6. The molecule has 2 aliphatic heterocycles. The highest BCUT2D eigenvalue weighted by Gasteiger charge is 2.22. The highest BCUT2D eigenvalue weighted by atomic mass is 32.2. The maximum atomic E-state index is 12.7. The molecule has 2 aliphatic rings. The molecule has 2 aromatic rings. The lowest BCUT2D eigenvalue weighted by molar-refractivity contribution is -0.132. The van der Waals surface area contributed by atoms with Crippen LogP contribution in [-0.2, 0) is 39.0 Å². The van der Waals surface area contributed by atoms with Crippen molar-refractivity contribution in [3.05, 3.63) is 59.2 Å². The lowest BCUT2D eigenvalue weighted by Crippen LogP contribution is -2.38. The Morgan fingerprint density at radius 1 is 1.03 bits per heavy atom. The molecule has 30 heavy (non-hydrogen) atoms. The number of carbonyl (C=O) groups excluding carboxylic acids is 2. The van der Waals surface area contributed by atoms with Gasteiger partial charge in [-0.15, -0.1) is 0 Å². The van der Waals surface area contributed by atoms with E-state index in [1.54, 1.807) is 17.0 Å². The number of rotatable bonds is 5. The summed E-state index contributed by atoms with van der Waals surface area (Å²) in [5.74, 6) is -0.113. The van der Waals surface area contributed by atoms with Gasteiger partial charge in [-0.3, -0.25) is 9.59 Å². The quantitative estimate of drug-likeness (QED) is 0.765. The van der Waals surface area contributed by atoms with Crippen molar-refractivity contribution in [1.82, 2.24) is 9.62 Å². The molecule has 2 N–H and O–H groups in total. The molecule has 2 aromatic carbocycles. The molecule has 0 saturated heterocycles. The molecular formula is C22H25N3O4S. The summed E-state index contributed by atoms with van der Waals surface area (Å²) in [4.78, 5) is 26.1. The zero-order valence-electron chi connectivity index (χ0n) is 16.7. The van der Waals surface area contributed by atoms with Gasteiger partial charge in [-0.2, -0.15) is 0 Å². The Labute approximate surface area is 176 Å². The fourth-order valence-corrected chi connectivity index (χ4v) is 5.04. The van der Waals surface area contributed by atoms with Crippen molar-refractivity contribution >= 4 is 27.5 Å². The van der Waals surface area contributed by atoms with Gasteiger partial charge in [0.15, 0.2) is 0 Å². The van der Waals surface area contributed by atoms with Gasteiger partial charge in [0.05, 0.1) is 4.90 Å². The van der Waals surface area contributed by atoms with Crippen LogP contribution in [0.15, 0.2) is 47.4 Å². The van der Waals surface area contributed by atoms with Crippen LogP contribution in [-0.4, -0.2) is 38.2 Å². The monoisotopic (exact) mass is 427 g/mol. The summed E-state index contributed by atoms with van der Waals surface area (Å²) < 4.78 is 27.9. The van der Waals surface area contributed by atoms with E-state index in [9.17, 15) is 18.0 Å². The number of nitrogens with zero attached hydrogens (tertiary/aromatic N) is 1. The Morgan fingerprint density at radius 3 is 2.67 bits per heavy atom. The van der Waals surface area contributed by atoms with Gasteiger partial charge in [0.1, 0.15) is 0 Å². The van der Waals surface area contributed by atoms with Crippen molar-refractivity contribution in [2.45, 2.75) is 43.5 Å². The first-order valence-corrected chi connectivity index (χ1v) is 11.7. The van der Waals surface area contributed by atoms with E-state index in [1.807, 2.05) is 18.2 Å². The van der Waals surface area contributed by atoms with Crippen molar-refractivity contribution in [2.24, 2.45) is 0 Å². The van der Waals surface area contributed by atoms with E-state index < -0.39 is 10.0 Å². The number of sulfonamides is 1. The highest BCUT2D eigenvalue weighted by molar-refractivity contribution is 7.89. The van der Waals surface area contributed by atoms with Crippen LogP contribution in [0.25, 0.3) is 0 Å². The first-order valence-electron chi connectivity index (χ1n) is 10.2. The number of benzene rings is 2. The molecule has 0 unspecified atom stereocenters. The van der Waals surface area contributed by atoms with Gasteiger partial charge in [-0.25, -0.2) is 13.1 Å². The Bertz CT molecular complexity index is 1080. The summed E-state index contributed by atoms with van der Waals surface area (Å²) in [6, 6.07) is 12.8. The molecule has 0 aliphatic carbocycles. The number of nitrogens with one attached hydrogen (secondary N) is 2. The summed E-state index contributed by atoms with van der Waals surface area (Å²) in [5, 5.41) is 2.80. The van der Waals surface area contributed by atoms with Crippen LogP contribution in [0, 0.1) is 0 Å². The third-order valence-corrected chi connectivity index (χ3v) is 7.08. The molecule has 158 valence electrons. The number of aryl methyl sites for hydroxylation is 1. The molecule has 4 rings (SSSR count). The number of fused-ring (bicyclic) bond motifs is 2. The maximum Gasteiger partial charge on any atom is 0.240 e. The number of hydrogen-bond donors (Lipinski definition) is 2. The van der Waals surface area contributed by atoms with E-state index in [0.29, 0.717) is 38.0 Å². The zero-order chi connectivity index (χ0) is 21.1. The summed E-state index contributed by atoms with van der Waals surface area (Å²) in [6.07, 6.45) is 2.69. The second-order valence-corrected chi connectivity index (χ2v) is 9.47. The lowest BCUT2D eigenvalue weighted by atomic mass is 10.00. The molecule has 0 fully saturated rings. The Hall–Kier alpha value is -2.71. The normalized spacial score (nSPS) is 16.3. The van der Waals surface area contributed by atoms with Gasteiger partial charge in [0.2, 0.25) is 21.8 Å². The molecule has 2 heterocycles. The number of amides is 2. The summed E-state index contributed by atoms with van der Waals surface area (Å²) >= 11 is 0. The number of hydrogen-bond acceptors (Lipinski definition) is 4. The molecule has 2 amide bonds. The molecule has 0 saturated carbocycles. The number of carbonyl (C=O) groups is 2. The standard InChI is InChI=1S/C22H25N3O4S/c26-21-7-3-6-17-14-19(8-9-20(17)24-21)30(28,29)23-12-10-22(27)25-13-11-16-4-1-2-5-18(16)15-25/h1-2,4-5,8-9,14,23H,3,6-7,10-13,15H2,(H,24,26). The summed E-state index contributed by atoms with van der Waals surface area (Å²) in [5.41, 5.74) is 3.89. The molecule has 7 nitrogen and oxygen atoms in total. The molecule has 0 aromatic heterocycles. The van der Waals surface area contributed by atoms with Gasteiger partial charge in [-0.1, -0.05) is 24.3 Å². The van der Waals surface area contributed by atoms with Crippen LogP contribution in [0.5, 0.6) is 0 Å². The van der Waals surface area contributed by atoms with Crippen molar-refractivity contribution in [1.29, 1.82) is 0 Å². The van der Waals surface area contributed by atoms with Crippen molar-refractivity contribution in [3.63, 3.8) is 0 Å². The van der Waals surface area contributed by atoms with Crippen LogP contribution in [0.1, 0.15) is 36.0 Å². The fraction of sp³-hybridized carbons (Fsp3) is 0.364. The number of anilines is 1. The Kier molecular flexibility index (Phi) is 5.87. The van der Waals surface area contributed by atoms with E-state index in [1.165, 1.54) is 11.6 Å². The van der Waals surface area contributed by atoms with Gasteiger partial charge >= 0.3 is 0 Å². The highest BCUT2D eigenvalue weighted by Crippen LogP contribution is 2.25. The first-order chi connectivity index (χ1) is 14.4. The summed E-state index contributed by atoms with van der Waals surface area (Å²) in [7, 11) is -3.73. The van der Waals surface area contributed by atoms with Crippen LogP contribution in [0.3, 0.4) is 0 Å². The predicted molar refractivity (Wildman–Crippen MR) is 113 cm³/mol. The molecule has 0 atom stereocenters. The van der Waals surface area contributed by atoms with Gasteiger partial charge in [0, 0.05) is 38.2 Å². The van der Waals surface area contributed by atoms with E-state index >= 15 is 0 Å². The van der Waals surface area contributed by atoms with Crippen molar-refractivity contribution < 1.29 is 18.0 Å². The SMILES string of the molecule is O=C1CCCc2cc(S(=O)(=O)NCCC(=O)N3CCc4ccccc4C3)ccc2N1. The van der Waals surface area contributed by atoms with Gasteiger partial charge in [-0.05, 0) is 54.2 Å². The van der Waals surface area contributed by atoms with Gasteiger partial charge in [0.25, 0.3) is 0 Å². The van der Waals surface area contributed by atoms with E-state index in [0.717, 1.165) is 17.5 Å². The van der Waals surface area contributed by atoms with Crippen LogP contribution < -0.4 is 10.0 Å². The Morgan fingerprint density at radius 2 is 1.83 bits per heavy atom. The minimum absolute atomic E-state index is 0.0487. The van der Waals surface area contributed by atoms with E-state index in [2.05, 4.69) is 16.1 Å². The fourth-order valence-electron chi connectivity index (χ4n) is 3.96. The largest absolute Gasteiger partial charge is 0.338 e. The molecule has 0 bridgehead atoms. The second-order valence-electron chi connectivity index (χ2n) is 7.70. The third kappa shape index (κ3) is 4.55. The van der Waals surface area contributed by atoms with Crippen LogP contribution in [0.2, 0.25) is 0 Å². The molecule has 8 heteroatoms. The molecule has 0 spiro atoms. The predicted octanol–water partition coefficient (Wildman–Crippen LogP) is 2.21. The maximum absolute atomic E-state index is 12.7. The zero-order valence-corrected chi connectivity index (χ0v) is 17.5. The third-order valence-electron chi connectivity index (χ3n) is 5.63. The minimum Gasteiger partial charge on any atom is -0.338 e. The topological polar surface area (TPSA) is 95.6 Å². The Balaban J connectivity index is 1.35. The minimum atomic E-state index is -3.73. The van der Waals surface area contributed by atoms with Crippen molar-refractivity contribution in [2.75, 3.05) is 18.4 Å². The molecule has 0 radical (unpaired) electrons. The van der Waals surface area contributed by atoms with E-state index in [-0.39, 0.29) is 29.7 Å². The van der Waals surface area contributed by atoms with Crippen LogP contribution >= 0.6 is 0 Å². The van der Waals surface area contributed by atoms with Crippen molar-refractivity contribution in [3.8, 4) is 0 Å². The average molecular weight is 428 g/mol. The molecular weight excluding hydrogens is 402 g/mol. The van der Waals surface area contributed by atoms with Crippen LogP contribution in [0.4, 0.5) is 5.69 Å². The smallest absolute Gasteiger partial charge is 0.240 e. The second kappa shape index (κ2) is 8.57. The average Bonchev–Trinajstić information content (AvgIpc) is 2.93. The van der Waals surface area contributed by atoms with Gasteiger partial charge < -0.3 is 10.2 Å². The lowest BCUT2D eigenvalue weighted by Gasteiger charge is -2.29.